The summed E-state index contributed by atoms with van der Waals surface area (Å²) in [6.45, 7) is 0.386. The number of halogens is 1. The average Bonchev–Trinajstić information content (AvgIpc) is 2.37. The van der Waals surface area contributed by atoms with Crippen molar-refractivity contribution in [1.29, 1.82) is 0 Å². The van der Waals surface area contributed by atoms with Gasteiger partial charge in [0.05, 0.1) is 5.02 Å². The van der Waals surface area contributed by atoms with Crippen LogP contribution in [-0.2, 0) is 11.2 Å². The highest BCUT2D eigenvalue weighted by Crippen LogP contribution is 2.23. The van der Waals surface area contributed by atoms with Crippen LogP contribution in [0.15, 0.2) is 23.4 Å². The molecule has 1 aromatic rings. The number of rotatable bonds is 5. The largest absolute Gasteiger partial charge is 0.506 e. The van der Waals surface area contributed by atoms with Crippen molar-refractivity contribution in [1.82, 2.24) is 5.32 Å². The van der Waals surface area contributed by atoms with E-state index < -0.39 is 5.91 Å². The lowest BCUT2D eigenvalue weighted by atomic mass is 10.1. The van der Waals surface area contributed by atoms with Crippen molar-refractivity contribution in [3.05, 3.63) is 28.8 Å². The van der Waals surface area contributed by atoms with Crippen LogP contribution in [0.1, 0.15) is 5.56 Å². The van der Waals surface area contributed by atoms with E-state index in [1.165, 1.54) is 12.1 Å². The van der Waals surface area contributed by atoms with Gasteiger partial charge >= 0.3 is 0 Å². The average molecular weight is 289 g/mol. The number of benzene rings is 1. The van der Waals surface area contributed by atoms with E-state index in [4.69, 9.17) is 16.8 Å². The monoisotopic (exact) mass is 288 g/mol. The molecule has 1 rings (SSSR count). The minimum absolute atomic E-state index is 0.0291. The summed E-state index contributed by atoms with van der Waals surface area (Å²) in [5.74, 6) is -0.00617. The van der Waals surface area contributed by atoms with Crippen molar-refractivity contribution >= 4 is 35.8 Å². The Labute approximate surface area is 115 Å². The number of carbonyl (C=O) groups excluding carboxylic acids is 1. The third-order valence-corrected chi connectivity index (χ3v) is 2.69. The van der Waals surface area contributed by atoms with Crippen LogP contribution in [0.2, 0.25) is 5.02 Å². The molecular weight excluding hydrogens is 276 g/mol. The first-order valence-electron chi connectivity index (χ1n) is 5.16. The van der Waals surface area contributed by atoms with Crippen LogP contribution in [0.4, 0.5) is 0 Å². The fourth-order valence-corrected chi connectivity index (χ4v) is 1.60. The highest BCUT2D eigenvalue weighted by molar-refractivity contribution is 7.80. The van der Waals surface area contributed by atoms with Crippen molar-refractivity contribution in [2.45, 2.75) is 6.42 Å². The molecule has 0 aliphatic carbocycles. The fraction of sp³-hybridized carbons (Fsp3) is 0.273. The number of nitrogens with zero attached hydrogens (tertiary/aromatic N) is 1. The third-order valence-electron chi connectivity index (χ3n) is 2.16. The van der Waals surface area contributed by atoms with Crippen molar-refractivity contribution in [3.63, 3.8) is 0 Å². The Morgan fingerprint density at radius 3 is 2.78 bits per heavy atom. The van der Waals surface area contributed by atoms with Gasteiger partial charge in [-0.05, 0) is 17.7 Å². The molecule has 98 valence electrons. The van der Waals surface area contributed by atoms with E-state index in [0.29, 0.717) is 17.9 Å². The van der Waals surface area contributed by atoms with Crippen molar-refractivity contribution < 1.29 is 15.1 Å². The minimum Gasteiger partial charge on any atom is -0.506 e. The van der Waals surface area contributed by atoms with Crippen LogP contribution < -0.4 is 5.32 Å². The summed E-state index contributed by atoms with van der Waals surface area (Å²) < 4.78 is 0. The Hall–Kier alpha value is -1.40. The first kappa shape index (κ1) is 14.7. The molecule has 1 aromatic carbocycles. The molecule has 18 heavy (non-hydrogen) atoms. The number of amides is 1. The summed E-state index contributed by atoms with van der Waals surface area (Å²) in [6.07, 6.45) is 0.120. The molecule has 0 heterocycles. The molecule has 0 aromatic heterocycles. The second-order valence-electron chi connectivity index (χ2n) is 3.49. The highest BCUT2D eigenvalue weighted by Gasteiger charge is 2.13. The van der Waals surface area contributed by atoms with E-state index in [1.54, 1.807) is 6.07 Å². The van der Waals surface area contributed by atoms with Gasteiger partial charge in [0.2, 0.25) is 0 Å². The predicted molar refractivity (Wildman–Crippen MR) is 72.9 cm³/mol. The van der Waals surface area contributed by atoms with Gasteiger partial charge in [-0.1, -0.05) is 22.8 Å². The Kier molecular flexibility index (Phi) is 5.80. The smallest absolute Gasteiger partial charge is 0.269 e. The standard InChI is InChI=1S/C11H13ClN2O3S/c12-8-5-7(1-2-10(8)15)6-9(14-17)11(16)13-3-4-18/h1-2,5,15,17-18H,3-4,6H2,(H,13,16)/b14-9+. The van der Waals surface area contributed by atoms with Gasteiger partial charge in [0.15, 0.2) is 0 Å². The Bertz CT molecular complexity index is 466. The summed E-state index contributed by atoms with van der Waals surface area (Å²) in [4.78, 5) is 11.6. The minimum atomic E-state index is -0.462. The number of aromatic hydroxyl groups is 1. The topological polar surface area (TPSA) is 81.9 Å². The Balaban J connectivity index is 2.74. The molecular formula is C11H13ClN2O3S. The summed E-state index contributed by atoms with van der Waals surface area (Å²) in [5, 5.41) is 23.8. The lowest BCUT2D eigenvalue weighted by Gasteiger charge is -2.06. The van der Waals surface area contributed by atoms with Crippen LogP contribution in [0.25, 0.3) is 0 Å². The zero-order valence-electron chi connectivity index (χ0n) is 9.43. The van der Waals surface area contributed by atoms with Gasteiger partial charge in [-0.2, -0.15) is 12.6 Å². The van der Waals surface area contributed by atoms with Gasteiger partial charge < -0.3 is 15.6 Å². The summed E-state index contributed by atoms with van der Waals surface area (Å²) in [6, 6.07) is 4.52. The molecule has 0 aliphatic heterocycles. The van der Waals surface area contributed by atoms with Crippen molar-refractivity contribution in [3.8, 4) is 5.75 Å². The van der Waals surface area contributed by atoms with Crippen LogP contribution in [0, 0.1) is 0 Å². The zero-order chi connectivity index (χ0) is 13.5. The summed E-state index contributed by atoms with van der Waals surface area (Å²) in [5.41, 5.74) is 0.630. The van der Waals surface area contributed by atoms with E-state index in [9.17, 15) is 9.90 Å². The van der Waals surface area contributed by atoms with Crippen LogP contribution in [0.5, 0.6) is 5.75 Å². The molecule has 1 amide bonds. The molecule has 3 N–H and O–H groups in total. The van der Waals surface area contributed by atoms with Gasteiger partial charge in [0, 0.05) is 18.7 Å². The van der Waals surface area contributed by atoms with E-state index in [0.717, 1.165) is 0 Å². The van der Waals surface area contributed by atoms with Crippen molar-refractivity contribution in [2.75, 3.05) is 12.3 Å². The molecule has 0 spiro atoms. The number of hydrogen-bond donors (Lipinski definition) is 4. The fourth-order valence-electron chi connectivity index (χ4n) is 1.29. The number of oxime groups is 1. The van der Waals surface area contributed by atoms with E-state index in [1.807, 2.05) is 0 Å². The molecule has 0 saturated heterocycles. The molecule has 0 atom stereocenters. The molecule has 0 saturated carbocycles. The number of phenols is 1. The first-order valence-corrected chi connectivity index (χ1v) is 6.17. The maximum Gasteiger partial charge on any atom is 0.269 e. The van der Waals surface area contributed by atoms with Crippen LogP contribution in [-0.4, -0.2) is 34.2 Å². The number of nitrogens with one attached hydrogen (secondary N) is 1. The third kappa shape index (κ3) is 4.12. The van der Waals surface area contributed by atoms with Gasteiger partial charge in [-0.25, -0.2) is 0 Å². The van der Waals surface area contributed by atoms with Crippen LogP contribution in [0.3, 0.4) is 0 Å². The second-order valence-corrected chi connectivity index (χ2v) is 4.34. The van der Waals surface area contributed by atoms with E-state index in [-0.39, 0.29) is 22.9 Å². The number of thiol groups is 1. The Morgan fingerprint density at radius 1 is 1.50 bits per heavy atom. The normalized spacial score (nSPS) is 11.3. The first-order chi connectivity index (χ1) is 8.58. The number of phenolic OH excluding ortho intramolecular Hbond substituents is 1. The maximum absolute atomic E-state index is 11.6. The molecule has 0 fully saturated rings. The molecule has 0 radical (unpaired) electrons. The van der Waals surface area contributed by atoms with Gasteiger partial charge in [0.1, 0.15) is 11.5 Å². The molecule has 0 bridgehead atoms. The van der Waals surface area contributed by atoms with E-state index >= 15 is 0 Å². The number of hydrogen-bond acceptors (Lipinski definition) is 5. The molecule has 5 nitrogen and oxygen atoms in total. The maximum atomic E-state index is 11.6. The quantitative estimate of drug-likeness (QED) is 0.287. The lowest BCUT2D eigenvalue weighted by molar-refractivity contribution is -0.114. The SMILES string of the molecule is O=C(NCCS)/C(Cc1ccc(O)c(Cl)c1)=N/O. The summed E-state index contributed by atoms with van der Waals surface area (Å²) in [7, 11) is 0. The van der Waals surface area contributed by atoms with Crippen LogP contribution >= 0.6 is 24.2 Å². The Morgan fingerprint density at radius 2 is 2.22 bits per heavy atom. The second kappa shape index (κ2) is 7.13. The highest BCUT2D eigenvalue weighted by atomic mass is 35.5. The predicted octanol–water partition coefficient (Wildman–Crippen LogP) is 1.46. The van der Waals surface area contributed by atoms with E-state index in [2.05, 4.69) is 23.1 Å². The van der Waals surface area contributed by atoms with Gasteiger partial charge in [-0.3, -0.25) is 4.79 Å². The lowest BCUT2D eigenvalue weighted by Crippen LogP contribution is -2.33. The summed E-state index contributed by atoms with van der Waals surface area (Å²) >= 11 is 9.70. The van der Waals surface area contributed by atoms with Crippen molar-refractivity contribution in [2.24, 2.45) is 5.16 Å². The number of carbonyl (C=O) groups is 1. The molecule has 7 heteroatoms. The van der Waals surface area contributed by atoms with Gasteiger partial charge in [-0.15, -0.1) is 0 Å². The zero-order valence-corrected chi connectivity index (χ0v) is 11.1. The molecule has 0 aliphatic rings. The van der Waals surface area contributed by atoms with Gasteiger partial charge in [0.25, 0.3) is 5.91 Å². The molecule has 0 unspecified atom stereocenters.